The van der Waals surface area contributed by atoms with Gasteiger partial charge in [0.1, 0.15) is 12.4 Å². The number of hydrogen-bond acceptors (Lipinski definition) is 4. The van der Waals surface area contributed by atoms with E-state index in [-0.39, 0.29) is 23.5 Å². The van der Waals surface area contributed by atoms with Gasteiger partial charge in [0.05, 0.1) is 11.0 Å². The van der Waals surface area contributed by atoms with Gasteiger partial charge in [-0.1, -0.05) is 20.8 Å². The average Bonchev–Trinajstić information content (AvgIpc) is 2.24. The first-order chi connectivity index (χ1) is 7.86. The second kappa shape index (κ2) is 6.56. The van der Waals surface area contributed by atoms with E-state index in [9.17, 15) is 10.1 Å². The molecule has 0 aliphatic carbocycles. The molecule has 5 nitrogen and oxygen atoms in total. The molecule has 0 unspecified atom stereocenters. The number of non-ortho nitro benzene ring substituents is 1. The van der Waals surface area contributed by atoms with Crippen LogP contribution in [0.25, 0.3) is 0 Å². The molecule has 6 heteroatoms. The van der Waals surface area contributed by atoms with Gasteiger partial charge in [0.2, 0.25) is 0 Å². The van der Waals surface area contributed by atoms with Crippen molar-refractivity contribution in [2.75, 3.05) is 13.2 Å². The maximum absolute atomic E-state index is 10.7. The van der Waals surface area contributed by atoms with Gasteiger partial charge in [0.15, 0.2) is 0 Å². The molecule has 0 aliphatic rings. The number of rotatable bonds is 4. The Kier molecular flexibility index (Phi) is 6.08. The number of benzene rings is 1. The molecule has 0 spiro atoms. The fourth-order valence-corrected chi connectivity index (χ4v) is 1.53. The Morgan fingerprint density at radius 1 is 1.39 bits per heavy atom. The zero-order valence-corrected chi connectivity index (χ0v) is 11.6. The molecule has 1 rings (SSSR count). The number of ether oxygens (including phenoxy) is 1. The van der Waals surface area contributed by atoms with E-state index in [0.717, 1.165) is 5.56 Å². The van der Waals surface area contributed by atoms with Gasteiger partial charge in [-0.2, -0.15) is 0 Å². The van der Waals surface area contributed by atoms with E-state index >= 15 is 0 Å². The molecule has 18 heavy (non-hydrogen) atoms. The SMILES string of the molecule is CC(C)(C)c1ccc([N+](=O)[O-])cc1OCCN.Cl. The lowest BCUT2D eigenvalue weighted by molar-refractivity contribution is -0.385. The minimum absolute atomic E-state index is 0. The Bertz CT molecular complexity index is 416. The van der Waals surface area contributed by atoms with Crippen LogP contribution in [0.1, 0.15) is 26.3 Å². The molecular formula is C12H19ClN2O3. The third kappa shape index (κ3) is 4.16. The molecule has 0 saturated carbocycles. The lowest BCUT2D eigenvalue weighted by Gasteiger charge is -2.22. The molecule has 0 aromatic heterocycles. The van der Waals surface area contributed by atoms with Gasteiger partial charge in [0, 0.05) is 12.6 Å². The fourth-order valence-electron chi connectivity index (χ4n) is 1.53. The number of nitrogens with zero attached hydrogens (tertiary/aromatic N) is 1. The standard InChI is InChI=1S/C12H18N2O3.ClH/c1-12(2,3)10-5-4-9(14(15)16)8-11(10)17-7-6-13;/h4-5,8H,6-7,13H2,1-3H3;1H. The van der Waals surface area contributed by atoms with Crippen LogP contribution < -0.4 is 10.5 Å². The summed E-state index contributed by atoms with van der Waals surface area (Å²) in [5.41, 5.74) is 6.22. The monoisotopic (exact) mass is 274 g/mol. The maximum atomic E-state index is 10.7. The Hall–Kier alpha value is -1.33. The summed E-state index contributed by atoms with van der Waals surface area (Å²) in [4.78, 5) is 10.3. The van der Waals surface area contributed by atoms with E-state index in [0.29, 0.717) is 18.9 Å². The van der Waals surface area contributed by atoms with Crippen LogP contribution in [-0.4, -0.2) is 18.1 Å². The van der Waals surface area contributed by atoms with E-state index in [1.807, 2.05) is 20.8 Å². The molecule has 0 atom stereocenters. The van der Waals surface area contributed by atoms with Crippen molar-refractivity contribution in [3.63, 3.8) is 0 Å². The molecule has 0 amide bonds. The van der Waals surface area contributed by atoms with Crippen LogP contribution >= 0.6 is 12.4 Å². The molecule has 2 N–H and O–H groups in total. The zero-order chi connectivity index (χ0) is 13.1. The highest BCUT2D eigenvalue weighted by atomic mass is 35.5. The van der Waals surface area contributed by atoms with Crippen molar-refractivity contribution in [1.29, 1.82) is 0 Å². The highest BCUT2D eigenvalue weighted by Crippen LogP contribution is 2.34. The van der Waals surface area contributed by atoms with Crippen LogP contribution in [-0.2, 0) is 5.41 Å². The van der Waals surface area contributed by atoms with Gasteiger partial charge in [-0.25, -0.2) is 0 Å². The minimum Gasteiger partial charge on any atom is -0.492 e. The van der Waals surface area contributed by atoms with Crippen LogP contribution in [0.5, 0.6) is 5.75 Å². The third-order valence-electron chi connectivity index (χ3n) is 2.36. The molecule has 0 fully saturated rings. The molecule has 0 saturated heterocycles. The van der Waals surface area contributed by atoms with Crippen molar-refractivity contribution >= 4 is 18.1 Å². The smallest absolute Gasteiger partial charge is 0.273 e. The van der Waals surface area contributed by atoms with Crippen molar-refractivity contribution in [3.8, 4) is 5.75 Å². The number of hydrogen-bond donors (Lipinski definition) is 1. The molecule has 0 radical (unpaired) electrons. The van der Waals surface area contributed by atoms with Gasteiger partial charge in [-0.15, -0.1) is 12.4 Å². The fraction of sp³-hybridized carbons (Fsp3) is 0.500. The largest absolute Gasteiger partial charge is 0.492 e. The number of nitrogens with two attached hydrogens (primary N) is 1. The quantitative estimate of drug-likeness (QED) is 0.676. The Morgan fingerprint density at radius 2 is 2.00 bits per heavy atom. The van der Waals surface area contributed by atoms with Crippen molar-refractivity contribution in [2.24, 2.45) is 5.73 Å². The molecule has 0 bridgehead atoms. The third-order valence-corrected chi connectivity index (χ3v) is 2.36. The topological polar surface area (TPSA) is 78.4 Å². The van der Waals surface area contributed by atoms with E-state index in [2.05, 4.69) is 0 Å². The summed E-state index contributed by atoms with van der Waals surface area (Å²) >= 11 is 0. The number of halogens is 1. The molecule has 0 heterocycles. The highest BCUT2D eigenvalue weighted by molar-refractivity contribution is 5.85. The molecule has 0 aliphatic heterocycles. The molecular weight excluding hydrogens is 256 g/mol. The van der Waals surface area contributed by atoms with Crippen molar-refractivity contribution in [2.45, 2.75) is 26.2 Å². The van der Waals surface area contributed by atoms with Crippen molar-refractivity contribution in [1.82, 2.24) is 0 Å². The summed E-state index contributed by atoms with van der Waals surface area (Å²) in [5.74, 6) is 0.539. The first-order valence-corrected chi connectivity index (χ1v) is 5.48. The summed E-state index contributed by atoms with van der Waals surface area (Å²) < 4.78 is 5.47. The summed E-state index contributed by atoms with van der Waals surface area (Å²) in [5, 5.41) is 10.7. The van der Waals surface area contributed by atoms with Gasteiger partial charge < -0.3 is 10.5 Å². The molecule has 1 aromatic rings. The van der Waals surface area contributed by atoms with Gasteiger partial charge >= 0.3 is 0 Å². The lowest BCUT2D eigenvalue weighted by Crippen LogP contribution is -2.16. The van der Waals surface area contributed by atoms with Crippen LogP contribution in [0.15, 0.2) is 18.2 Å². The Labute approximate surface area is 113 Å². The first-order valence-electron chi connectivity index (χ1n) is 5.48. The zero-order valence-electron chi connectivity index (χ0n) is 10.8. The van der Waals surface area contributed by atoms with Crippen LogP contribution in [0, 0.1) is 10.1 Å². The predicted molar refractivity (Wildman–Crippen MR) is 73.6 cm³/mol. The summed E-state index contributed by atoms with van der Waals surface area (Å²) in [6, 6.07) is 4.69. The van der Waals surface area contributed by atoms with Crippen LogP contribution in [0.2, 0.25) is 0 Å². The maximum Gasteiger partial charge on any atom is 0.273 e. The highest BCUT2D eigenvalue weighted by Gasteiger charge is 2.21. The first kappa shape index (κ1) is 16.7. The second-order valence-corrected chi connectivity index (χ2v) is 4.82. The van der Waals surface area contributed by atoms with E-state index in [1.54, 1.807) is 6.07 Å². The number of nitro benzene ring substituents is 1. The van der Waals surface area contributed by atoms with Gasteiger partial charge in [0.25, 0.3) is 5.69 Å². The van der Waals surface area contributed by atoms with Crippen LogP contribution in [0.4, 0.5) is 5.69 Å². The van der Waals surface area contributed by atoms with Gasteiger partial charge in [-0.05, 0) is 17.0 Å². The summed E-state index contributed by atoms with van der Waals surface area (Å²) in [6.07, 6.45) is 0. The lowest BCUT2D eigenvalue weighted by atomic mass is 9.86. The minimum atomic E-state index is -0.429. The summed E-state index contributed by atoms with van der Waals surface area (Å²) in [7, 11) is 0. The van der Waals surface area contributed by atoms with Crippen molar-refractivity contribution in [3.05, 3.63) is 33.9 Å². The van der Waals surface area contributed by atoms with E-state index < -0.39 is 4.92 Å². The predicted octanol–water partition coefficient (Wildman–Crippen LogP) is 2.65. The van der Waals surface area contributed by atoms with E-state index in [4.69, 9.17) is 10.5 Å². The second-order valence-electron chi connectivity index (χ2n) is 4.82. The van der Waals surface area contributed by atoms with Crippen LogP contribution in [0.3, 0.4) is 0 Å². The summed E-state index contributed by atoms with van der Waals surface area (Å²) in [6.45, 7) is 6.83. The number of nitro groups is 1. The molecule has 102 valence electrons. The van der Waals surface area contributed by atoms with E-state index in [1.165, 1.54) is 12.1 Å². The Morgan fingerprint density at radius 3 is 2.44 bits per heavy atom. The molecule has 1 aromatic carbocycles. The normalized spacial score (nSPS) is 10.7. The Balaban J connectivity index is 0.00000289. The average molecular weight is 275 g/mol. The van der Waals surface area contributed by atoms with Gasteiger partial charge in [-0.3, -0.25) is 10.1 Å². The van der Waals surface area contributed by atoms with Crippen molar-refractivity contribution < 1.29 is 9.66 Å².